The number of aryl methyl sites for hydroxylation is 1. The number of anilines is 2. The molecule has 0 aromatic carbocycles. The van der Waals surface area contributed by atoms with Gasteiger partial charge in [-0.1, -0.05) is 0 Å². The molecule has 0 bridgehead atoms. The molecule has 0 spiro atoms. The molecule has 0 aliphatic heterocycles. The molecule has 0 radical (unpaired) electrons. The fourth-order valence-corrected chi connectivity index (χ4v) is 4.30. The van der Waals surface area contributed by atoms with Crippen molar-refractivity contribution in [1.29, 1.82) is 0 Å². The van der Waals surface area contributed by atoms with E-state index < -0.39 is 12.1 Å². The zero-order valence-corrected chi connectivity index (χ0v) is 13.5. The van der Waals surface area contributed by atoms with E-state index in [1.807, 2.05) is 11.9 Å². The fourth-order valence-electron chi connectivity index (χ4n) is 2.97. The number of nitrogens with two attached hydrogens (primary N) is 2. The first-order valence-electron chi connectivity index (χ1n) is 7.37. The van der Waals surface area contributed by atoms with Crippen LogP contribution < -0.4 is 16.4 Å². The number of aromatic nitrogens is 2. The van der Waals surface area contributed by atoms with E-state index in [9.17, 15) is 13.2 Å². The van der Waals surface area contributed by atoms with Crippen LogP contribution in [0.3, 0.4) is 0 Å². The van der Waals surface area contributed by atoms with Crippen LogP contribution in [0.4, 0.5) is 24.9 Å². The highest BCUT2D eigenvalue weighted by Crippen LogP contribution is 2.44. The van der Waals surface area contributed by atoms with E-state index in [4.69, 9.17) is 11.5 Å². The van der Waals surface area contributed by atoms with E-state index in [1.165, 1.54) is 11.3 Å². The number of halogens is 3. The monoisotopic (exact) mass is 345 g/mol. The Morgan fingerprint density at radius 1 is 1.35 bits per heavy atom. The van der Waals surface area contributed by atoms with Gasteiger partial charge in [0.1, 0.15) is 0 Å². The maximum atomic E-state index is 13.1. The number of fused-ring (bicyclic) bond motifs is 3. The second kappa shape index (κ2) is 5.79. The Kier molecular flexibility index (Phi) is 4.09. The summed E-state index contributed by atoms with van der Waals surface area (Å²) in [5.41, 5.74) is 12.6. The molecule has 0 amide bonds. The summed E-state index contributed by atoms with van der Waals surface area (Å²) in [7, 11) is 1.84. The Balaban J connectivity index is 2.10. The molecule has 0 fully saturated rings. The highest BCUT2D eigenvalue weighted by atomic mass is 32.1. The molecule has 3 rings (SSSR count). The number of hydrogen-bond donors (Lipinski definition) is 2. The van der Waals surface area contributed by atoms with Crippen LogP contribution >= 0.6 is 11.3 Å². The van der Waals surface area contributed by atoms with Crippen LogP contribution in [0.15, 0.2) is 0 Å². The Hall–Kier alpha value is -1.61. The molecule has 0 saturated carbocycles. The maximum Gasteiger partial charge on any atom is 0.392 e. The first-order chi connectivity index (χ1) is 10.8. The van der Waals surface area contributed by atoms with Crippen molar-refractivity contribution in [3.05, 3.63) is 10.4 Å². The number of rotatable bonds is 3. The Morgan fingerprint density at radius 3 is 2.74 bits per heavy atom. The number of alkyl halides is 3. The van der Waals surface area contributed by atoms with Gasteiger partial charge in [0, 0.05) is 25.0 Å². The van der Waals surface area contributed by atoms with Gasteiger partial charge >= 0.3 is 6.18 Å². The van der Waals surface area contributed by atoms with Crippen LogP contribution in [0.5, 0.6) is 0 Å². The van der Waals surface area contributed by atoms with Crippen molar-refractivity contribution < 1.29 is 13.2 Å². The summed E-state index contributed by atoms with van der Waals surface area (Å²) in [5.74, 6) is -0.596. The van der Waals surface area contributed by atoms with Crippen molar-refractivity contribution in [2.24, 2.45) is 11.7 Å². The molecule has 0 saturated heterocycles. The summed E-state index contributed by atoms with van der Waals surface area (Å²) >= 11 is 1.47. The van der Waals surface area contributed by atoms with Gasteiger partial charge in [-0.05, 0) is 24.8 Å². The minimum atomic E-state index is -4.18. The molecule has 1 unspecified atom stereocenters. The summed E-state index contributed by atoms with van der Waals surface area (Å²) in [5, 5.41) is 0. The molecule has 4 N–H and O–H groups in total. The van der Waals surface area contributed by atoms with Gasteiger partial charge in [-0.3, -0.25) is 0 Å². The first-order valence-corrected chi connectivity index (χ1v) is 8.18. The lowest BCUT2D eigenvalue weighted by Gasteiger charge is -2.24. The molecule has 2 aromatic heterocycles. The van der Waals surface area contributed by atoms with E-state index in [-0.39, 0.29) is 18.8 Å². The number of likely N-dealkylation sites (N-methyl/N-ethyl adjacent to an activating group) is 1. The topological polar surface area (TPSA) is 81.1 Å². The van der Waals surface area contributed by atoms with Crippen molar-refractivity contribution in [3.8, 4) is 0 Å². The predicted molar refractivity (Wildman–Crippen MR) is 85.7 cm³/mol. The normalized spacial score (nSPS) is 18.2. The summed E-state index contributed by atoms with van der Waals surface area (Å²) < 4.78 is 40.0. The molecule has 1 atom stereocenters. The van der Waals surface area contributed by atoms with Crippen LogP contribution in [-0.4, -0.2) is 36.3 Å². The lowest BCUT2D eigenvalue weighted by Crippen LogP contribution is -2.28. The smallest absolute Gasteiger partial charge is 0.368 e. The molecular weight excluding hydrogens is 327 g/mol. The van der Waals surface area contributed by atoms with Gasteiger partial charge in [0.2, 0.25) is 5.95 Å². The van der Waals surface area contributed by atoms with Crippen molar-refractivity contribution >= 4 is 33.3 Å². The van der Waals surface area contributed by atoms with Gasteiger partial charge in [0.25, 0.3) is 0 Å². The predicted octanol–water partition coefficient (Wildman–Crippen LogP) is 2.34. The maximum absolute atomic E-state index is 13.1. The third-order valence-electron chi connectivity index (χ3n) is 4.17. The SMILES string of the molecule is CN(CCN)c1nc(N)nc2c3c(sc12)CCC(C(F)(F)F)C3. The second-order valence-electron chi connectivity index (χ2n) is 5.78. The molecule has 126 valence electrons. The van der Waals surface area contributed by atoms with E-state index in [1.54, 1.807) is 0 Å². The van der Waals surface area contributed by atoms with Crippen LogP contribution in [-0.2, 0) is 12.8 Å². The van der Waals surface area contributed by atoms with Crippen molar-refractivity contribution in [1.82, 2.24) is 9.97 Å². The average Bonchev–Trinajstić information content (AvgIpc) is 2.83. The number of nitrogen functional groups attached to an aromatic ring is 1. The van der Waals surface area contributed by atoms with Crippen LogP contribution in [0.1, 0.15) is 16.9 Å². The lowest BCUT2D eigenvalue weighted by molar-refractivity contribution is -0.176. The Bertz CT molecular complexity index is 727. The van der Waals surface area contributed by atoms with Crippen molar-refractivity contribution in [2.45, 2.75) is 25.4 Å². The van der Waals surface area contributed by atoms with Gasteiger partial charge in [-0.2, -0.15) is 18.2 Å². The van der Waals surface area contributed by atoms with Crippen molar-refractivity contribution in [2.75, 3.05) is 30.8 Å². The van der Waals surface area contributed by atoms with Gasteiger partial charge < -0.3 is 16.4 Å². The zero-order chi connectivity index (χ0) is 16.8. The highest BCUT2D eigenvalue weighted by Gasteiger charge is 2.42. The third-order valence-corrected chi connectivity index (χ3v) is 5.45. The van der Waals surface area contributed by atoms with Gasteiger partial charge in [-0.25, -0.2) is 4.98 Å². The summed E-state index contributed by atoms with van der Waals surface area (Å²) in [6, 6.07) is 0. The first kappa shape index (κ1) is 16.3. The standard InChI is InChI=1S/C14H18F3N5S/c1-22(5-4-18)12-11-10(20-13(19)21-12)8-6-7(14(15,16)17)2-3-9(8)23-11/h7H,2-6,18H2,1H3,(H2,19,20,21). The Labute approximate surface area is 135 Å². The molecule has 23 heavy (non-hydrogen) atoms. The quantitative estimate of drug-likeness (QED) is 0.892. The molecule has 1 aliphatic carbocycles. The third kappa shape index (κ3) is 2.94. The van der Waals surface area contributed by atoms with Crippen molar-refractivity contribution in [3.63, 3.8) is 0 Å². The van der Waals surface area contributed by atoms with Gasteiger partial charge in [-0.15, -0.1) is 11.3 Å². The van der Waals surface area contributed by atoms with E-state index in [2.05, 4.69) is 9.97 Å². The number of thiophene rings is 1. The van der Waals surface area contributed by atoms with E-state index in [0.29, 0.717) is 36.4 Å². The molecule has 1 aliphatic rings. The van der Waals surface area contributed by atoms with Gasteiger partial charge in [0.05, 0.1) is 16.1 Å². The molecule has 2 aromatic rings. The summed E-state index contributed by atoms with van der Waals surface area (Å²) in [6.07, 6.45) is -3.67. The minimum absolute atomic E-state index is 0.0324. The summed E-state index contributed by atoms with van der Waals surface area (Å²) in [6.45, 7) is 1.03. The molecule has 5 nitrogen and oxygen atoms in total. The average molecular weight is 345 g/mol. The highest BCUT2D eigenvalue weighted by molar-refractivity contribution is 7.19. The number of hydrogen-bond acceptors (Lipinski definition) is 6. The Morgan fingerprint density at radius 2 is 2.09 bits per heavy atom. The minimum Gasteiger partial charge on any atom is -0.368 e. The molecule has 2 heterocycles. The fraction of sp³-hybridized carbons (Fsp3) is 0.571. The molecule has 9 heteroatoms. The van der Waals surface area contributed by atoms with E-state index >= 15 is 0 Å². The number of nitrogens with zero attached hydrogens (tertiary/aromatic N) is 3. The lowest BCUT2D eigenvalue weighted by atomic mass is 9.87. The van der Waals surface area contributed by atoms with Crippen LogP contribution in [0, 0.1) is 5.92 Å². The largest absolute Gasteiger partial charge is 0.392 e. The second-order valence-corrected chi connectivity index (χ2v) is 6.88. The summed E-state index contributed by atoms with van der Waals surface area (Å²) in [4.78, 5) is 11.3. The van der Waals surface area contributed by atoms with Crippen LogP contribution in [0.2, 0.25) is 0 Å². The van der Waals surface area contributed by atoms with Crippen LogP contribution in [0.25, 0.3) is 10.2 Å². The molecular formula is C14H18F3N5S. The zero-order valence-electron chi connectivity index (χ0n) is 12.7. The van der Waals surface area contributed by atoms with E-state index in [0.717, 1.165) is 9.58 Å². The van der Waals surface area contributed by atoms with Gasteiger partial charge in [0.15, 0.2) is 5.82 Å².